The summed E-state index contributed by atoms with van der Waals surface area (Å²) in [6.45, 7) is 11.2. The zero-order valence-electron chi connectivity index (χ0n) is 18.4. The number of thioether (sulfide) groups is 1. The molecule has 0 unspecified atom stereocenters. The molecule has 1 fully saturated rings. The second kappa shape index (κ2) is 7.38. The highest BCUT2D eigenvalue weighted by atomic mass is 32.2. The fourth-order valence-electron chi connectivity index (χ4n) is 4.50. The fourth-order valence-corrected chi connectivity index (χ4v) is 5.54. The topological polar surface area (TPSA) is 69.6 Å². The maximum Gasteiger partial charge on any atom is 0.263 e. The molecule has 0 spiro atoms. The number of nitrogens with one attached hydrogen (secondary N) is 1. The number of amides is 1. The lowest BCUT2D eigenvalue weighted by Crippen LogP contribution is -2.34. The van der Waals surface area contributed by atoms with Gasteiger partial charge in [-0.05, 0) is 71.1 Å². The average Bonchev–Trinajstić information content (AvgIpc) is 2.98. The van der Waals surface area contributed by atoms with Gasteiger partial charge < -0.3 is 15.5 Å². The molecule has 31 heavy (non-hydrogen) atoms. The molecule has 1 aliphatic carbocycles. The Bertz CT molecular complexity index is 1160. The van der Waals surface area contributed by atoms with Crippen molar-refractivity contribution in [1.29, 1.82) is 0 Å². The van der Waals surface area contributed by atoms with E-state index in [0.717, 1.165) is 35.7 Å². The molecule has 2 aromatic carbocycles. The molecule has 0 saturated carbocycles. The maximum absolute atomic E-state index is 12.1. The van der Waals surface area contributed by atoms with Crippen LogP contribution in [0.15, 0.2) is 29.2 Å². The second-order valence-corrected chi connectivity index (χ2v) is 11.5. The predicted octanol–water partition coefficient (Wildman–Crippen LogP) is 5.91. The third-order valence-corrected chi connectivity index (χ3v) is 7.72. The number of aryl methyl sites for hydroxylation is 1. The maximum atomic E-state index is 12.1. The summed E-state index contributed by atoms with van der Waals surface area (Å²) in [6.07, 6.45) is 3.84. The Morgan fingerprint density at radius 1 is 0.968 bits per heavy atom. The third-order valence-electron chi connectivity index (χ3n) is 6.56. The van der Waals surface area contributed by atoms with E-state index in [-0.39, 0.29) is 28.2 Å². The molecule has 2 aromatic rings. The lowest BCUT2D eigenvalue weighted by molar-refractivity contribution is -0.115. The highest BCUT2D eigenvalue weighted by Gasteiger charge is 2.37. The Labute approximate surface area is 192 Å². The van der Waals surface area contributed by atoms with E-state index in [2.05, 4.69) is 52.1 Å². The van der Waals surface area contributed by atoms with Gasteiger partial charge in [-0.25, -0.2) is 0 Å². The Morgan fingerprint density at radius 2 is 1.58 bits per heavy atom. The van der Waals surface area contributed by atoms with E-state index in [4.69, 9.17) is 12.2 Å². The lowest BCUT2D eigenvalue weighted by Gasteiger charge is -2.42. The van der Waals surface area contributed by atoms with E-state index in [1.807, 2.05) is 0 Å². The van der Waals surface area contributed by atoms with Crippen molar-refractivity contribution in [2.45, 2.75) is 58.3 Å². The van der Waals surface area contributed by atoms with Crippen molar-refractivity contribution in [1.82, 2.24) is 5.32 Å². The van der Waals surface area contributed by atoms with Gasteiger partial charge >= 0.3 is 0 Å². The van der Waals surface area contributed by atoms with E-state index in [1.165, 1.54) is 17.2 Å². The summed E-state index contributed by atoms with van der Waals surface area (Å²) in [6, 6.07) is 7.52. The van der Waals surface area contributed by atoms with Crippen molar-refractivity contribution in [3.63, 3.8) is 0 Å². The minimum Gasteiger partial charge on any atom is -0.507 e. The number of rotatable bonds is 2. The number of hydrogen-bond acceptors (Lipinski definition) is 5. The largest absolute Gasteiger partial charge is 0.507 e. The molecule has 0 radical (unpaired) electrons. The molecule has 1 amide bonds. The summed E-state index contributed by atoms with van der Waals surface area (Å²) in [4.78, 5) is 12.5. The number of phenolic OH excluding ortho intramolecular Hbond substituents is 2. The summed E-state index contributed by atoms with van der Waals surface area (Å²) in [5.74, 6) is -0.357. The Morgan fingerprint density at radius 3 is 2.16 bits per heavy atom. The molecule has 1 saturated heterocycles. The van der Waals surface area contributed by atoms with Gasteiger partial charge in [0.05, 0.1) is 4.91 Å². The number of thiocarbonyl (C=S) groups is 1. The SMILES string of the molecule is Cc1cc2c(cc1-c1cc(C=C3SC(=S)NC3=O)c(O)cc1O)C(C)(C)CCC2(C)C. The van der Waals surface area contributed by atoms with Crippen LogP contribution < -0.4 is 5.32 Å². The predicted molar refractivity (Wildman–Crippen MR) is 132 cm³/mol. The molecule has 1 aliphatic heterocycles. The fraction of sp³-hybridized carbons (Fsp3) is 0.360. The molecule has 3 N–H and O–H groups in total. The number of fused-ring (bicyclic) bond motifs is 1. The lowest BCUT2D eigenvalue weighted by atomic mass is 9.62. The molecule has 4 rings (SSSR count). The minimum atomic E-state index is -0.280. The molecular weight excluding hydrogens is 426 g/mol. The van der Waals surface area contributed by atoms with E-state index >= 15 is 0 Å². The van der Waals surface area contributed by atoms with Crippen LogP contribution in [0.3, 0.4) is 0 Å². The van der Waals surface area contributed by atoms with Gasteiger partial charge in [-0.2, -0.15) is 0 Å². The number of carbonyl (C=O) groups excluding carboxylic acids is 1. The summed E-state index contributed by atoms with van der Waals surface area (Å²) >= 11 is 6.21. The van der Waals surface area contributed by atoms with Crippen LogP contribution in [0.2, 0.25) is 0 Å². The first-order chi connectivity index (χ1) is 14.4. The van der Waals surface area contributed by atoms with Crippen LogP contribution >= 0.6 is 24.0 Å². The van der Waals surface area contributed by atoms with E-state index in [1.54, 1.807) is 12.1 Å². The van der Waals surface area contributed by atoms with Crippen LogP contribution in [0.4, 0.5) is 0 Å². The number of aromatic hydroxyl groups is 2. The van der Waals surface area contributed by atoms with E-state index < -0.39 is 0 Å². The van der Waals surface area contributed by atoms with Gasteiger partial charge in [-0.3, -0.25) is 4.79 Å². The first-order valence-corrected chi connectivity index (χ1v) is 11.6. The van der Waals surface area contributed by atoms with Crippen molar-refractivity contribution in [2.75, 3.05) is 0 Å². The molecule has 6 heteroatoms. The van der Waals surface area contributed by atoms with Crippen molar-refractivity contribution >= 4 is 40.3 Å². The average molecular weight is 454 g/mol. The number of benzene rings is 2. The normalized spacial score (nSPS) is 20.6. The van der Waals surface area contributed by atoms with Crippen LogP contribution in [-0.2, 0) is 15.6 Å². The molecule has 0 atom stereocenters. The van der Waals surface area contributed by atoms with Gasteiger partial charge in [0.15, 0.2) is 0 Å². The van der Waals surface area contributed by atoms with Crippen molar-refractivity contribution in [2.24, 2.45) is 0 Å². The highest BCUT2D eigenvalue weighted by molar-refractivity contribution is 8.26. The zero-order chi connectivity index (χ0) is 22.7. The quantitative estimate of drug-likeness (QED) is 0.389. The first-order valence-electron chi connectivity index (χ1n) is 10.4. The molecule has 162 valence electrons. The van der Waals surface area contributed by atoms with E-state index in [0.29, 0.717) is 20.4 Å². The summed E-state index contributed by atoms with van der Waals surface area (Å²) in [5.41, 5.74) is 5.90. The Balaban J connectivity index is 1.88. The van der Waals surface area contributed by atoms with Crippen LogP contribution in [0.1, 0.15) is 62.8 Å². The van der Waals surface area contributed by atoms with Crippen molar-refractivity contribution in [3.05, 3.63) is 51.4 Å². The highest BCUT2D eigenvalue weighted by Crippen LogP contribution is 2.48. The summed E-state index contributed by atoms with van der Waals surface area (Å²) < 4.78 is 0.394. The molecule has 1 heterocycles. The van der Waals surface area contributed by atoms with E-state index in [9.17, 15) is 15.0 Å². The van der Waals surface area contributed by atoms with Crippen LogP contribution in [-0.4, -0.2) is 20.4 Å². The van der Waals surface area contributed by atoms with Crippen LogP contribution in [0, 0.1) is 6.92 Å². The first kappa shape index (κ1) is 21.9. The molecule has 0 aromatic heterocycles. The minimum absolute atomic E-state index is 0.00891. The number of phenols is 2. The molecule has 2 aliphatic rings. The van der Waals surface area contributed by atoms with Gasteiger partial charge in [0.1, 0.15) is 15.8 Å². The van der Waals surface area contributed by atoms with Crippen LogP contribution in [0.5, 0.6) is 11.5 Å². The number of carbonyl (C=O) groups is 1. The monoisotopic (exact) mass is 453 g/mol. The van der Waals surface area contributed by atoms with Crippen LogP contribution in [0.25, 0.3) is 17.2 Å². The van der Waals surface area contributed by atoms with Gasteiger partial charge in [-0.15, -0.1) is 0 Å². The smallest absolute Gasteiger partial charge is 0.263 e. The Hall–Kier alpha value is -2.31. The summed E-state index contributed by atoms with van der Waals surface area (Å²) in [7, 11) is 0. The van der Waals surface area contributed by atoms with Crippen molar-refractivity contribution in [3.8, 4) is 22.6 Å². The third kappa shape index (κ3) is 3.87. The van der Waals surface area contributed by atoms with Gasteiger partial charge in [0, 0.05) is 17.2 Å². The Kier molecular flexibility index (Phi) is 5.22. The van der Waals surface area contributed by atoms with Crippen molar-refractivity contribution < 1.29 is 15.0 Å². The molecular formula is C25H27NO3S2. The zero-order valence-corrected chi connectivity index (χ0v) is 20.1. The second-order valence-electron chi connectivity index (χ2n) is 9.76. The molecule has 0 bridgehead atoms. The van der Waals surface area contributed by atoms with Gasteiger partial charge in [-0.1, -0.05) is 57.7 Å². The van der Waals surface area contributed by atoms with Gasteiger partial charge in [0.2, 0.25) is 0 Å². The van der Waals surface area contributed by atoms with Gasteiger partial charge in [0.25, 0.3) is 5.91 Å². The molecule has 4 nitrogen and oxygen atoms in total. The standard InChI is InChI=1S/C25H27NO3S2/c1-13-8-17-18(25(4,5)7-6-24(17,2)3)11-15(13)16-9-14(19(27)12-20(16)28)10-21-22(29)26-23(30)31-21/h8-12,27-28H,6-7H2,1-5H3,(H,26,29,30). The number of hydrogen-bond donors (Lipinski definition) is 3. The summed E-state index contributed by atoms with van der Waals surface area (Å²) in [5, 5.41) is 23.7.